The molecule has 23 heavy (non-hydrogen) atoms. The number of carbonyl (C=O) groups excluding carboxylic acids is 1. The molecule has 0 fully saturated rings. The Morgan fingerprint density at radius 1 is 1.00 bits per heavy atom. The van der Waals surface area contributed by atoms with Crippen LogP contribution in [0.4, 0.5) is 5.69 Å². The van der Waals surface area contributed by atoms with E-state index < -0.39 is 9.96 Å². The number of alkyl halides is 3. The summed E-state index contributed by atoms with van der Waals surface area (Å²) in [5.41, 5.74) is 1.24. The van der Waals surface area contributed by atoms with E-state index in [1.807, 2.05) is 30.3 Å². The highest BCUT2D eigenvalue weighted by molar-refractivity contribution is 14.1. The number of anilines is 1. The zero-order valence-corrected chi connectivity index (χ0v) is 18.1. The third-order valence-electron chi connectivity index (χ3n) is 2.84. The van der Waals surface area contributed by atoms with Crippen LogP contribution in [-0.4, -0.2) is 15.9 Å². The molecule has 8 heteroatoms. The highest BCUT2D eigenvalue weighted by atomic mass is 127. The van der Waals surface area contributed by atoms with Crippen LogP contribution in [0.3, 0.4) is 0 Å². The molecule has 1 amide bonds. The van der Waals surface area contributed by atoms with Crippen molar-refractivity contribution in [3.63, 3.8) is 0 Å². The highest BCUT2D eigenvalue weighted by Crippen LogP contribution is 2.31. The molecule has 2 rings (SSSR count). The van der Waals surface area contributed by atoms with Gasteiger partial charge in [-0.05, 0) is 87.6 Å². The minimum absolute atomic E-state index is 0.321. The number of amides is 1. The Bertz CT molecular complexity index is 690. The molecule has 0 aliphatic carbocycles. The number of benzene rings is 2. The zero-order chi connectivity index (χ0) is 17.0. The summed E-state index contributed by atoms with van der Waals surface area (Å²) in [5, 5.41) is 5.74. The molecule has 0 unspecified atom stereocenters. The van der Waals surface area contributed by atoms with E-state index in [-0.39, 0.29) is 5.91 Å². The average molecular weight is 595 g/mol. The molecule has 0 saturated carbocycles. The van der Waals surface area contributed by atoms with Crippen molar-refractivity contribution in [1.29, 1.82) is 0 Å². The summed E-state index contributed by atoms with van der Waals surface area (Å²) < 4.78 is 0.327. The molecular weight excluding hydrogens is 584 g/mol. The lowest BCUT2D eigenvalue weighted by Gasteiger charge is -2.27. The Morgan fingerprint density at radius 3 is 2.22 bits per heavy atom. The molecule has 0 radical (unpaired) electrons. The van der Waals surface area contributed by atoms with Crippen LogP contribution in [0.15, 0.2) is 48.5 Å². The van der Waals surface area contributed by atoms with E-state index in [0.717, 1.165) is 12.8 Å². The van der Waals surface area contributed by atoms with E-state index in [1.54, 1.807) is 18.2 Å². The van der Waals surface area contributed by atoms with Crippen LogP contribution in [0.5, 0.6) is 0 Å². The van der Waals surface area contributed by atoms with Crippen molar-refractivity contribution in [3.8, 4) is 0 Å². The topological polar surface area (TPSA) is 41.1 Å². The molecule has 0 spiro atoms. The number of carbonyl (C=O) groups is 1. The standard InChI is InChI=1S/C15H11Cl3I2N2O/c16-15(17,18)14(21-12-6-4-10(19)5-7-12)22-13(23)9-2-1-3-11(20)8-9/h1-8,14,21H,(H,22,23)/t14-/m1/s1. The minimum Gasteiger partial charge on any atom is -0.362 e. The van der Waals surface area contributed by atoms with Crippen LogP contribution >= 0.6 is 80.0 Å². The summed E-state index contributed by atoms with van der Waals surface area (Å²) in [4.78, 5) is 12.4. The lowest BCUT2D eigenvalue weighted by Crippen LogP contribution is -2.49. The summed E-state index contributed by atoms with van der Waals surface area (Å²) in [6.07, 6.45) is -0.877. The van der Waals surface area contributed by atoms with Gasteiger partial charge in [-0.25, -0.2) is 0 Å². The lowest BCUT2D eigenvalue weighted by atomic mass is 10.2. The van der Waals surface area contributed by atoms with Gasteiger partial charge in [0.15, 0.2) is 0 Å². The molecule has 1 atom stereocenters. The first kappa shape index (κ1) is 19.4. The summed E-state index contributed by atoms with van der Waals surface area (Å²) >= 11 is 22.3. The van der Waals surface area contributed by atoms with Gasteiger partial charge < -0.3 is 10.6 Å². The molecule has 0 aromatic heterocycles. The summed E-state index contributed by atoms with van der Waals surface area (Å²) in [5.74, 6) is -0.321. The van der Waals surface area contributed by atoms with E-state index in [2.05, 4.69) is 55.8 Å². The molecule has 0 heterocycles. The molecule has 0 aliphatic rings. The smallest absolute Gasteiger partial charge is 0.253 e. The second-order valence-corrected chi connectivity index (χ2v) is 9.47. The van der Waals surface area contributed by atoms with Gasteiger partial charge in [-0.3, -0.25) is 4.79 Å². The van der Waals surface area contributed by atoms with Crippen molar-refractivity contribution in [3.05, 3.63) is 61.2 Å². The van der Waals surface area contributed by atoms with Crippen LogP contribution in [0.1, 0.15) is 10.4 Å². The number of hydrogen-bond acceptors (Lipinski definition) is 2. The number of hydrogen-bond donors (Lipinski definition) is 2. The van der Waals surface area contributed by atoms with Crippen LogP contribution < -0.4 is 10.6 Å². The number of rotatable bonds is 4. The van der Waals surface area contributed by atoms with Crippen molar-refractivity contribution in [2.24, 2.45) is 0 Å². The van der Waals surface area contributed by atoms with E-state index in [4.69, 9.17) is 34.8 Å². The van der Waals surface area contributed by atoms with Crippen LogP contribution in [0, 0.1) is 7.14 Å². The van der Waals surface area contributed by atoms with Gasteiger partial charge in [-0.1, -0.05) is 40.9 Å². The van der Waals surface area contributed by atoms with Crippen molar-refractivity contribution in [2.75, 3.05) is 5.32 Å². The van der Waals surface area contributed by atoms with Gasteiger partial charge in [0.05, 0.1) is 0 Å². The summed E-state index contributed by atoms with van der Waals surface area (Å²) in [6.45, 7) is 0. The van der Waals surface area contributed by atoms with Crippen LogP contribution in [0.2, 0.25) is 0 Å². The van der Waals surface area contributed by atoms with Crippen LogP contribution in [-0.2, 0) is 0 Å². The van der Waals surface area contributed by atoms with E-state index in [1.165, 1.54) is 0 Å². The van der Waals surface area contributed by atoms with Crippen molar-refractivity contribution < 1.29 is 4.79 Å². The maximum absolute atomic E-state index is 12.4. The predicted molar refractivity (Wildman–Crippen MR) is 113 cm³/mol. The molecule has 2 aromatic rings. The fourth-order valence-electron chi connectivity index (χ4n) is 1.76. The molecule has 2 aromatic carbocycles. The number of halogens is 5. The highest BCUT2D eigenvalue weighted by Gasteiger charge is 2.34. The molecule has 2 N–H and O–H groups in total. The van der Waals surface area contributed by atoms with Gasteiger partial charge in [0, 0.05) is 18.4 Å². The van der Waals surface area contributed by atoms with Gasteiger partial charge in [-0.2, -0.15) is 0 Å². The van der Waals surface area contributed by atoms with E-state index in [0.29, 0.717) is 5.56 Å². The maximum Gasteiger partial charge on any atom is 0.253 e. The first-order valence-corrected chi connectivity index (χ1v) is 9.70. The molecule has 0 saturated heterocycles. The third kappa shape index (κ3) is 6.12. The molecule has 0 bridgehead atoms. The summed E-state index contributed by atoms with van der Waals surface area (Å²) in [7, 11) is 0. The lowest BCUT2D eigenvalue weighted by molar-refractivity contribution is 0.0942. The molecule has 0 aliphatic heterocycles. The van der Waals surface area contributed by atoms with Crippen molar-refractivity contribution in [2.45, 2.75) is 9.96 Å². The van der Waals surface area contributed by atoms with E-state index >= 15 is 0 Å². The van der Waals surface area contributed by atoms with Crippen molar-refractivity contribution >= 4 is 91.6 Å². The Labute approximate surface area is 176 Å². The Balaban J connectivity index is 2.16. The SMILES string of the molecule is O=C(N[C@@H](Nc1ccc(I)cc1)C(Cl)(Cl)Cl)c1cccc(I)c1. The van der Waals surface area contributed by atoms with Gasteiger partial charge in [0.2, 0.25) is 3.79 Å². The predicted octanol–water partition coefficient (Wildman–Crippen LogP) is 5.43. The van der Waals surface area contributed by atoms with Gasteiger partial charge in [-0.15, -0.1) is 0 Å². The Kier molecular flexibility index (Phi) is 7.09. The zero-order valence-electron chi connectivity index (χ0n) is 11.5. The summed E-state index contributed by atoms with van der Waals surface area (Å²) in [6, 6.07) is 14.7. The van der Waals surface area contributed by atoms with Gasteiger partial charge in [0.25, 0.3) is 5.91 Å². The average Bonchev–Trinajstić information content (AvgIpc) is 2.47. The van der Waals surface area contributed by atoms with Gasteiger partial charge >= 0.3 is 0 Å². The first-order chi connectivity index (χ1) is 10.8. The maximum atomic E-state index is 12.4. The first-order valence-electron chi connectivity index (χ1n) is 6.41. The Morgan fingerprint density at radius 2 is 1.65 bits per heavy atom. The normalized spacial score (nSPS) is 12.6. The van der Waals surface area contributed by atoms with E-state index in [9.17, 15) is 4.79 Å². The van der Waals surface area contributed by atoms with Crippen molar-refractivity contribution in [1.82, 2.24) is 5.32 Å². The third-order valence-corrected chi connectivity index (χ3v) is 4.89. The quantitative estimate of drug-likeness (QED) is 0.281. The molecule has 122 valence electrons. The fourth-order valence-corrected chi connectivity index (χ4v) is 2.99. The Hall–Kier alpha value is 0.0400. The number of nitrogens with one attached hydrogen (secondary N) is 2. The molecule has 3 nitrogen and oxygen atoms in total. The molecular formula is C15H11Cl3I2N2O. The van der Waals surface area contributed by atoms with Gasteiger partial charge in [0.1, 0.15) is 6.17 Å². The minimum atomic E-state index is -1.71. The largest absolute Gasteiger partial charge is 0.362 e. The fraction of sp³-hybridized carbons (Fsp3) is 0.133. The monoisotopic (exact) mass is 594 g/mol. The van der Waals surface area contributed by atoms with Crippen LogP contribution in [0.25, 0.3) is 0 Å². The second kappa shape index (κ2) is 8.42. The second-order valence-electron chi connectivity index (χ2n) is 4.61.